The summed E-state index contributed by atoms with van der Waals surface area (Å²) in [6, 6.07) is 0. The molecule has 65 heavy (non-hydrogen) atoms. The first-order chi connectivity index (χ1) is 32.0. The van der Waals surface area contributed by atoms with Crippen LogP contribution in [0.3, 0.4) is 0 Å². The Labute approximate surface area is 405 Å². The second kappa shape index (κ2) is 54.8. The zero-order valence-corrected chi connectivity index (χ0v) is 44.0. The van der Waals surface area contributed by atoms with E-state index < -0.39 is 6.10 Å². The molecule has 1 atom stereocenters. The fraction of sp³-hybridized carbons (Fsp3) is 0.915. The maximum absolute atomic E-state index is 12.8. The molecule has 0 spiro atoms. The SMILES string of the molecule is CCCCCC/C=C\CCCCCCCC(=O)OC[C@H](COC(=O)CCCCCCCCCCCCCCCCCCCCC)OC(=O)CCCCCCCCCCCCCCCCC. The van der Waals surface area contributed by atoms with Crippen LogP contribution >= 0.6 is 0 Å². The van der Waals surface area contributed by atoms with Gasteiger partial charge >= 0.3 is 17.9 Å². The standard InChI is InChI=1S/C59H112O6/c1-4-7-10-13-16-19-22-25-27-28-29-30-32-34-37-40-43-46-49-52-58(61)64-55-56(54-63-57(60)51-48-45-42-39-36-33-24-21-18-15-12-9-6-3)65-59(62)53-50-47-44-41-38-35-31-26-23-20-17-14-11-8-5-2/h21,24,56H,4-20,22-23,25-55H2,1-3H3/b24-21-/t56-/m1/s1. The Kier molecular flexibility index (Phi) is 53.2. The zero-order valence-electron chi connectivity index (χ0n) is 44.0. The molecule has 384 valence electrons. The first-order valence-corrected chi connectivity index (χ1v) is 29.2. The van der Waals surface area contributed by atoms with Gasteiger partial charge in [-0.3, -0.25) is 14.4 Å². The number of carbonyl (C=O) groups is 3. The number of ether oxygens (including phenoxy) is 3. The largest absolute Gasteiger partial charge is 0.462 e. The van der Waals surface area contributed by atoms with Crippen molar-refractivity contribution in [1.82, 2.24) is 0 Å². The average molecular weight is 918 g/mol. The first-order valence-electron chi connectivity index (χ1n) is 29.2. The van der Waals surface area contributed by atoms with Crippen molar-refractivity contribution in [1.29, 1.82) is 0 Å². The molecule has 0 aromatic rings. The molecule has 0 amide bonds. The fourth-order valence-corrected chi connectivity index (χ4v) is 8.85. The van der Waals surface area contributed by atoms with Gasteiger partial charge in [0, 0.05) is 19.3 Å². The molecule has 0 saturated carbocycles. The monoisotopic (exact) mass is 917 g/mol. The van der Waals surface area contributed by atoms with E-state index in [-0.39, 0.29) is 31.1 Å². The van der Waals surface area contributed by atoms with Crippen molar-refractivity contribution >= 4 is 17.9 Å². The van der Waals surface area contributed by atoms with Crippen LogP contribution in [-0.4, -0.2) is 37.2 Å². The lowest BCUT2D eigenvalue weighted by atomic mass is 10.0. The van der Waals surface area contributed by atoms with E-state index in [9.17, 15) is 14.4 Å². The van der Waals surface area contributed by atoms with Crippen LogP contribution in [0.4, 0.5) is 0 Å². The van der Waals surface area contributed by atoms with Gasteiger partial charge in [0.25, 0.3) is 0 Å². The van der Waals surface area contributed by atoms with Crippen LogP contribution in [-0.2, 0) is 28.6 Å². The number of esters is 3. The van der Waals surface area contributed by atoms with Crippen molar-refractivity contribution < 1.29 is 28.6 Å². The number of rotatable bonds is 54. The summed E-state index contributed by atoms with van der Waals surface area (Å²) >= 11 is 0. The van der Waals surface area contributed by atoms with Crippen LogP contribution in [0.5, 0.6) is 0 Å². The summed E-state index contributed by atoms with van der Waals surface area (Å²) < 4.78 is 16.9. The van der Waals surface area contributed by atoms with E-state index in [1.54, 1.807) is 0 Å². The Bertz CT molecular complexity index is 1010. The lowest BCUT2D eigenvalue weighted by Crippen LogP contribution is -2.30. The van der Waals surface area contributed by atoms with Gasteiger partial charge in [-0.25, -0.2) is 0 Å². The number of allylic oxidation sites excluding steroid dienone is 2. The highest BCUT2D eigenvalue weighted by molar-refractivity contribution is 5.71. The van der Waals surface area contributed by atoms with Crippen molar-refractivity contribution in [3.63, 3.8) is 0 Å². The van der Waals surface area contributed by atoms with E-state index in [2.05, 4.69) is 32.9 Å². The molecule has 0 bridgehead atoms. The lowest BCUT2D eigenvalue weighted by Gasteiger charge is -2.18. The third-order valence-electron chi connectivity index (χ3n) is 13.3. The Hall–Kier alpha value is -1.85. The van der Waals surface area contributed by atoms with Gasteiger partial charge in [-0.2, -0.15) is 0 Å². The predicted molar refractivity (Wildman–Crippen MR) is 280 cm³/mol. The van der Waals surface area contributed by atoms with Crippen LogP contribution in [0.2, 0.25) is 0 Å². The minimum atomic E-state index is -0.767. The molecule has 6 nitrogen and oxygen atoms in total. The average Bonchev–Trinajstić information content (AvgIpc) is 3.30. The van der Waals surface area contributed by atoms with E-state index >= 15 is 0 Å². The van der Waals surface area contributed by atoms with E-state index in [0.717, 1.165) is 64.2 Å². The molecular weight excluding hydrogens is 805 g/mol. The zero-order chi connectivity index (χ0) is 47.2. The second-order valence-corrected chi connectivity index (χ2v) is 19.9. The van der Waals surface area contributed by atoms with Crippen LogP contribution < -0.4 is 0 Å². The molecule has 0 aliphatic heterocycles. The van der Waals surface area contributed by atoms with Crippen LogP contribution in [0.1, 0.15) is 329 Å². The maximum atomic E-state index is 12.8. The lowest BCUT2D eigenvalue weighted by molar-refractivity contribution is -0.167. The van der Waals surface area contributed by atoms with Crippen molar-refractivity contribution in [3.05, 3.63) is 12.2 Å². The van der Waals surface area contributed by atoms with E-state index in [1.807, 2.05) is 0 Å². The van der Waals surface area contributed by atoms with Crippen molar-refractivity contribution in [2.24, 2.45) is 0 Å². The summed E-state index contributed by atoms with van der Waals surface area (Å²) in [7, 11) is 0. The topological polar surface area (TPSA) is 78.9 Å². The molecule has 0 aliphatic carbocycles. The Balaban J connectivity index is 4.28. The highest BCUT2D eigenvalue weighted by Gasteiger charge is 2.19. The van der Waals surface area contributed by atoms with Gasteiger partial charge in [0.2, 0.25) is 0 Å². The summed E-state index contributed by atoms with van der Waals surface area (Å²) in [5, 5.41) is 0. The summed E-state index contributed by atoms with van der Waals surface area (Å²) in [5.41, 5.74) is 0. The van der Waals surface area contributed by atoms with Crippen molar-refractivity contribution in [2.75, 3.05) is 13.2 Å². The highest BCUT2D eigenvalue weighted by atomic mass is 16.6. The van der Waals surface area contributed by atoms with Crippen LogP contribution in [0.25, 0.3) is 0 Å². The van der Waals surface area contributed by atoms with Gasteiger partial charge in [0.15, 0.2) is 6.10 Å². The van der Waals surface area contributed by atoms with Gasteiger partial charge in [0.1, 0.15) is 13.2 Å². The van der Waals surface area contributed by atoms with Crippen molar-refractivity contribution in [3.8, 4) is 0 Å². The molecule has 0 N–H and O–H groups in total. The number of hydrogen-bond acceptors (Lipinski definition) is 6. The fourth-order valence-electron chi connectivity index (χ4n) is 8.85. The molecule has 0 saturated heterocycles. The molecule has 0 unspecified atom stereocenters. The molecule has 0 fully saturated rings. The van der Waals surface area contributed by atoms with E-state index in [1.165, 1.54) is 225 Å². The summed E-state index contributed by atoms with van der Waals surface area (Å²) in [6.45, 7) is 6.68. The first kappa shape index (κ1) is 63.1. The molecule has 0 aromatic carbocycles. The molecule has 0 aromatic heterocycles. The van der Waals surface area contributed by atoms with E-state index in [0.29, 0.717) is 19.3 Å². The van der Waals surface area contributed by atoms with Gasteiger partial charge in [-0.05, 0) is 44.9 Å². The Morgan fingerprint density at radius 1 is 0.292 bits per heavy atom. The van der Waals surface area contributed by atoms with Gasteiger partial charge in [-0.1, -0.05) is 277 Å². The number of unbranched alkanes of at least 4 members (excludes halogenated alkanes) is 41. The van der Waals surface area contributed by atoms with Crippen molar-refractivity contribution in [2.45, 2.75) is 335 Å². The predicted octanol–water partition coefficient (Wildman–Crippen LogP) is 19.3. The Morgan fingerprint density at radius 2 is 0.508 bits per heavy atom. The minimum Gasteiger partial charge on any atom is -0.462 e. The number of carbonyl (C=O) groups excluding carboxylic acids is 3. The number of hydrogen-bond donors (Lipinski definition) is 0. The summed E-state index contributed by atoms with van der Waals surface area (Å²) in [4.78, 5) is 38.1. The van der Waals surface area contributed by atoms with Crippen LogP contribution in [0, 0.1) is 0 Å². The molecule has 0 aliphatic rings. The second-order valence-electron chi connectivity index (χ2n) is 19.9. The Morgan fingerprint density at radius 3 is 0.785 bits per heavy atom. The smallest absolute Gasteiger partial charge is 0.306 e. The maximum Gasteiger partial charge on any atom is 0.306 e. The quantitative estimate of drug-likeness (QED) is 0.0262. The molecular formula is C59H112O6. The third-order valence-corrected chi connectivity index (χ3v) is 13.3. The van der Waals surface area contributed by atoms with E-state index in [4.69, 9.17) is 14.2 Å². The third kappa shape index (κ3) is 53.0. The van der Waals surface area contributed by atoms with Gasteiger partial charge in [0.05, 0.1) is 0 Å². The summed E-state index contributed by atoms with van der Waals surface area (Å²) in [5.74, 6) is -0.851. The summed E-state index contributed by atoms with van der Waals surface area (Å²) in [6.07, 6.45) is 62.0. The molecule has 0 radical (unpaired) electrons. The molecule has 6 heteroatoms. The molecule has 0 rings (SSSR count). The highest BCUT2D eigenvalue weighted by Crippen LogP contribution is 2.17. The van der Waals surface area contributed by atoms with Gasteiger partial charge < -0.3 is 14.2 Å². The van der Waals surface area contributed by atoms with Crippen LogP contribution in [0.15, 0.2) is 12.2 Å². The normalized spacial score (nSPS) is 12.0. The van der Waals surface area contributed by atoms with Gasteiger partial charge in [-0.15, -0.1) is 0 Å². The molecule has 0 heterocycles. The minimum absolute atomic E-state index is 0.0664.